The van der Waals surface area contributed by atoms with E-state index in [0.29, 0.717) is 31.8 Å². The summed E-state index contributed by atoms with van der Waals surface area (Å²) in [7, 11) is 0. The third-order valence-electron chi connectivity index (χ3n) is 3.29. The maximum Gasteiger partial charge on any atom is 0.328 e. The largest absolute Gasteiger partial charge is 0.486 e. The number of aliphatic hydroxyl groups excluding tert-OH is 1. The van der Waals surface area contributed by atoms with Crippen molar-refractivity contribution < 1.29 is 29.3 Å². The van der Waals surface area contributed by atoms with Crippen LogP contribution in [0.1, 0.15) is 18.4 Å². The quantitative estimate of drug-likeness (QED) is 0.671. The van der Waals surface area contributed by atoms with Crippen LogP contribution in [-0.4, -0.2) is 48.0 Å². The molecule has 2 rings (SSSR count). The van der Waals surface area contributed by atoms with Gasteiger partial charge in [0.1, 0.15) is 19.3 Å². The molecule has 0 saturated carbocycles. The average molecular weight is 309 g/mol. The molecule has 1 aliphatic rings. The summed E-state index contributed by atoms with van der Waals surface area (Å²) >= 11 is 0. The Bertz CT molecular complexity index is 545. The molecule has 7 heteroatoms. The maximum atomic E-state index is 11.6. The minimum atomic E-state index is -1.25. The van der Waals surface area contributed by atoms with Gasteiger partial charge in [0.2, 0.25) is 5.91 Å². The van der Waals surface area contributed by atoms with Gasteiger partial charge in [0.15, 0.2) is 11.5 Å². The van der Waals surface area contributed by atoms with Gasteiger partial charge >= 0.3 is 5.97 Å². The predicted molar refractivity (Wildman–Crippen MR) is 77.0 cm³/mol. The van der Waals surface area contributed by atoms with E-state index in [1.165, 1.54) is 0 Å². The van der Waals surface area contributed by atoms with Gasteiger partial charge in [-0.1, -0.05) is 6.07 Å². The van der Waals surface area contributed by atoms with Gasteiger partial charge < -0.3 is 25.0 Å². The Morgan fingerprint density at radius 3 is 2.64 bits per heavy atom. The molecule has 120 valence electrons. The molecule has 1 atom stereocenters. The van der Waals surface area contributed by atoms with Crippen LogP contribution in [0.3, 0.4) is 0 Å². The Kier molecular flexibility index (Phi) is 5.60. The third-order valence-corrected chi connectivity index (χ3v) is 3.29. The topological polar surface area (TPSA) is 105 Å². The Hall–Kier alpha value is -2.28. The lowest BCUT2D eigenvalue weighted by Crippen LogP contribution is -2.43. The molecule has 1 heterocycles. The zero-order valence-electron chi connectivity index (χ0n) is 12.1. The number of nitrogens with one attached hydrogen (secondary N) is 1. The summed E-state index contributed by atoms with van der Waals surface area (Å²) in [6, 6.07) is 4.40. The molecule has 0 saturated heterocycles. The van der Waals surface area contributed by atoms with Crippen molar-refractivity contribution in [2.75, 3.05) is 19.8 Å². The molecule has 1 amide bonds. The van der Waals surface area contributed by atoms with Gasteiger partial charge in [-0.05, 0) is 30.5 Å². The number of carbonyl (C=O) groups excluding carboxylic acids is 1. The van der Waals surface area contributed by atoms with Crippen LogP contribution in [0.2, 0.25) is 0 Å². The number of fused-ring (bicyclic) bond motifs is 1. The second-order valence-corrected chi connectivity index (χ2v) is 4.97. The number of aliphatic carboxylic acids is 1. The van der Waals surface area contributed by atoms with Crippen LogP contribution < -0.4 is 14.8 Å². The van der Waals surface area contributed by atoms with Crippen molar-refractivity contribution in [2.45, 2.75) is 25.3 Å². The molecule has 1 aliphatic heterocycles. The molecule has 0 radical (unpaired) electrons. The number of ether oxygens (including phenoxy) is 2. The van der Waals surface area contributed by atoms with Crippen LogP contribution in [0, 0.1) is 0 Å². The van der Waals surface area contributed by atoms with Gasteiger partial charge in [-0.2, -0.15) is 0 Å². The number of carboxylic acids is 1. The van der Waals surface area contributed by atoms with E-state index in [2.05, 4.69) is 5.32 Å². The standard InChI is InChI=1S/C15H19NO6/c17-9-11(15(19)20)16-14(18)3-1-2-10-4-5-12-13(8-10)22-7-6-21-12/h4-5,8,11,17H,1-3,6-7,9H2,(H,16,18)(H,19,20). The fourth-order valence-corrected chi connectivity index (χ4v) is 2.15. The van der Waals surface area contributed by atoms with Crippen LogP contribution in [0.5, 0.6) is 11.5 Å². The molecule has 0 fully saturated rings. The summed E-state index contributed by atoms with van der Waals surface area (Å²) < 4.78 is 10.9. The first kappa shape index (κ1) is 16.1. The monoisotopic (exact) mass is 309 g/mol. The second-order valence-electron chi connectivity index (χ2n) is 4.97. The van der Waals surface area contributed by atoms with Crippen LogP contribution in [0.4, 0.5) is 0 Å². The molecule has 1 aromatic rings. The second kappa shape index (κ2) is 7.65. The summed E-state index contributed by atoms with van der Waals surface area (Å²) in [5.74, 6) is -0.207. The highest BCUT2D eigenvalue weighted by Crippen LogP contribution is 2.31. The van der Waals surface area contributed by atoms with Gasteiger partial charge in [-0.15, -0.1) is 0 Å². The predicted octanol–water partition coefficient (Wildman–Crippen LogP) is 0.342. The SMILES string of the molecule is O=C(CCCc1ccc2c(c1)OCCO2)NC(CO)C(=O)O. The van der Waals surface area contributed by atoms with E-state index in [9.17, 15) is 9.59 Å². The van der Waals surface area contributed by atoms with E-state index >= 15 is 0 Å². The van der Waals surface area contributed by atoms with Gasteiger partial charge in [0.05, 0.1) is 6.61 Å². The first-order valence-electron chi connectivity index (χ1n) is 7.11. The number of aliphatic hydroxyl groups is 1. The lowest BCUT2D eigenvalue weighted by atomic mass is 10.1. The first-order valence-corrected chi connectivity index (χ1v) is 7.11. The summed E-state index contributed by atoms with van der Waals surface area (Å²) in [6.07, 6.45) is 1.43. The number of benzene rings is 1. The van der Waals surface area contributed by atoms with E-state index in [-0.39, 0.29) is 12.3 Å². The van der Waals surface area contributed by atoms with E-state index < -0.39 is 18.6 Å². The maximum absolute atomic E-state index is 11.6. The molecule has 1 unspecified atom stereocenters. The number of rotatable bonds is 7. The van der Waals surface area contributed by atoms with Crippen molar-refractivity contribution in [3.8, 4) is 11.5 Å². The molecule has 0 spiro atoms. The van der Waals surface area contributed by atoms with E-state index in [4.69, 9.17) is 19.7 Å². The Balaban J connectivity index is 1.78. The molecule has 0 bridgehead atoms. The zero-order chi connectivity index (χ0) is 15.9. The number of aryl methyl sites for hydroxylation is 1. The Morgan fingerprint density at radius 1 is 1.23 bits per heavy atom. The fraction of sp³-hybridized carbons (Fsp3) is 0.467. The van der Waals surface area contributed by atoms with Crippen molar-refractivity contribution >= 4 is 11.9 Å². The average Bonchev–Trinajstić information content (AvgIpc) is 2.52. The molecule has 3 N–H and O–H groups in total. The first-order chi connectivity index (χ1) is 10.6. The highest BCUT2D eigenvalue weighted by atomic mass is 16.6. The summed E-state index contributed by atoms with van der Waals surface area (Å²) in [5, 5.41) is 19.8. The minimum absolute atomic E-state index is 0.193. The highest BCUT2D eigenvalue weighted by Gasteiger charge is 2.18. The van der Waals surface area contributed by atoms with Crippen LogP contribution in [0.15, 0.2) is 18.2 Å². The lowest BCUT2D eigenvalue weighted by molar-refractivity contribution is -0.142. The molecule has 22 heavy (non-hydrogen) atoms. The third kappa shape index (κ3) is 4.36. The number of carbonyl (C=O) groups is 2. The van der Waals surface area contributed by atoms with Crippen molar-refractivity contribution in [1.82, 2.24) is 5.32 Å². The van der Waals surface area contributed by atoms with Crippen LogP contribution >= 0.6 is 0 Å². The number of amides is 1. The van der Waals surface area contributed by atoms with Gasteiger partial charge in [-0.25, -0.2) is 4.79 Å². The highest BCUT2D eigenvalue weighted by molar-refractivity contribution is 5.83. The molecule has 7 nitrogen and oxygen atoms in total. The van der Waals surface area contributed by atoms with Crippen molar-refractivity contribution in [1.29, 1.82) is 0 Å². The van der Waals surface area contributed by atoms with Crippen molar-refractivity contribution in [2.24, 2.45) is 0 Å². The number of hydrogen-bond acceptors (Lipinski definition) is 5. The van der Waals surface area contributed by atoms with E-state index in [0.717, 1.165) is 11.3 Å². The number of carboxylic acid groups (broad SMARTS) is 1. The normalized spacial score (nSPS) is 14.2. The Labute approximate surface area is 127 Å². The van der Waals surface area contributed by atoms with E-state index in [1.54, 1.807) is 0 Å². The van der Waals surface area contributed by atoms with Crippen LogP contribution in [-0.2, 0) is 16.0 Å². The van der Waals surface area contributed by atoms with Gasteiger partial charge in [0, 0.05) is 6.42 Å². The summed E-state index contributed by atoms with van der Waals surface area (Å²) in [5.41, 5.74) is 1.02. The minimum Gasteiger partial charge on any atom is -0.486 e. The lowest BCUT2D eigenvalue weighted by Gasteiger charge is -2.18. The van der Waals surface area contributed by atoms with Crippen molar-refractivity contribution in [3.63, 3.8) is 0 Å². The zero-order valence-corrected chi connectivity index (χ0v) is 12.1. The number of hydrogen-bond donors (Lipinski definition) is 3. The van der Waals surface area contributed by atoms with Gasteiger partial charge in [0.25, 0.3) is 0 Å². The van der Waals surface area contributed by atoms with Crippen LogP contribution in [0.25, 0.3) is 0 Å². The van der Waals surface area contributed by atoms with E-state index in [1.807, 2.05) is 18.2 Å². The van der Waals surface area contributed by atoms with Gasteiger partial charge in [-0.3, -0.25) is 4.79 Å². The molecule has 1 aromatic carbocycles. The molecule has 0 aliphatic carbocycles. The summed E-state index contributed by atoms with van der Waals surface area (Å²) in [6.45, 7) is 0.446. The molecular formula is C15H19NO6. The fourth-order valence-electron chi connectivity index (χ4n) is 2.15. The smallest absolute Gasteiger partial charge is 0.328 e. The molecule has 0 aromatic heterocycles. The summed E-state index contributed by atoms with van der Waals surface area (Å²) in [4.78, 5) is 22.3. The molecular weight excluding hydrogens is 290 g/mol. The van der Waals surface area contributed by atoms with Crippen molar-refractivity contribution in [3.05, 3.63) is 23.8 Å². The Morgan fingerprint density at radius 2 is 1.95 bits per heavy atom.